The zero-order valence-electron chi connectivity index (χ0n) is 20.7. The van der Waals surface area contributed by atoms with Gasteiger partial charge in [0, 0.05) is 30.3 Å². The molecule has 1 aliphatic heterocycles. The molecule has 2 fully saturated rings. The first-order chi connectivity index (χ1) is 18.1. The molecule has 9 heteroatoms. The lowest BCUT2D eigenvalue weighted by Gasteiger charge is -2.34. The number of aromatic amines is 1. The number of piperidine rings is 1. The summed E-state index contributed by atoms with van der Waals surface area (Å²) in [5.74, 6) is 1.62. The van der Waals surface area contributed by atoms with E-state index in [0.717, 1.165) is 37.7 Å². The highest BCUT2D eigenvalue weighted by Gasteiger charge is 2.33. The molecule has 1 saturated carbocycles. The summed E-state index contributed by atoms with van der Waals surface area (Å²) < 4.78 is 5.69. The monoisotopic (exact) mass is 498 g/mol. The first kappa shape index (κ1) is 24.5. The van der Waals surface area contributed by atoms with Gasteiger partial charge >= 0.3 is 0 Å². The van der Waals surface area contributed by atoms with Crippen molar-refractivity contribution >= 4 is 11.8 Å². The summed E-state index contributed by atoms with van der Waals surface area (Å²) in [6.07, 6.45) is 5.00. The molecule has 1 aliphatic carbocycles. The molecule has 2 aromatic carbocycles. The van der Waals surface area contributed by atoms with Crippen LogP contribution in [0, 0.1) is 11.3 Å². The summed E-state index contributed by atoms with van der Waals surface area (Å²) in [6, 6.07) is 18.7. The summed E-state index contributed by atoms with van der Waals surface area (Å²) in [4.78, 5) is 34.5. The molecule has 2 amide bonds. The molecule has 37 heavy (non-hydrogen) atoms. The number of nitrogens with one attached hydrogen (secondary N) is 1. The van der Waals surface area contributed by atoms with Gasteiger partial charge in [-0.25, -0.2) is 4.98 Å². The van der Waals surface area contributed by atoms with Gasteiger partial charge in [0.15, 0.2) is 12.4 Å². The second-order valence-electron chi connectivity index (χ2n) is 9.46. The van der Waals surface area contributed by atoms with E-state index in [2.05, 4.69) is 16.3 Å². The van der Waals surface area contributed by atoms with Gasteiger partial charge in [-0.05, 0) is 56.4 Å². The van der Waals surface area contributed by atoms with E-state index in [-0.39, 0.29) is 30.5 Å². The van der Waals surface area contributed by atoms with Crippen LogP contribution in [0.3, 0.4) is 0 Å². The summed E-state index contributed by atoms with van der Waals surface area (Å²) in [7, 11) is 0. The lowest BCUT2D eigenvalue weighted by Crippen LogP contribution is -2.41. The van der Waals surface area contributed by atoms with Crippen molar-refractivity contribution in [3.05, 3.63) is 66.0 Å². The molecule has 2 heterocycles. The van der Waals surface area contributed by atoms with Crippen LogP contribution in [0.2, 0.25) is 0 Å². The third-order valence-electron chi connectivity index (χ3n) is 6.83. The molecule has 0 unspecified atom stereocenters. The lowest BCUT2D eigenvalue weighted by molar-refractivity contribution is -0.137. The number of aromatic nitrogens is 3. The standard InChI is InChI=1S/C28H30N6O3/c29-15-7-17-33(22-13-14-22)28(36)21-9-6-8-20(18-21)26-30-27(32-31-26)24-12-4-5-16-34(24)25(35)19-37-23-10-2-1-3-11-23/h1-3,6,8-11,18,22,24H,4-5,7,12-14,16-17,19H2,(H,30,31,32)/t24-/m1/s1. The maximum atomic E-state index is 13.2. The maximum Gasteiger partial charge on any atom is 0.261 e. The Morgan fingerprint density at radius 1 is 1.11 bits per heavy atom. The Kier molecular flexibility index (Phi) is 7.45. The fourth-order valence-corrected chi connectivity index (χ4v) is 4.78. The number of carbonyl (C=O) groups excluding carboxylic acids is 2. The van der Waals surface area contributed by atoms with Crippen molar-refractivity contribution in [1.82, 2.24) is 25.0 Å². The molecule has 1 N–H and O–H groups in total. The number of hydrogen-bond donors (Lipinski definition) is 1. The smallest absolute Gasteiger partial charge is 0.261 e. The number of carbonyl (C=O) groups is 2. The third-order valence-corrected chi connectivity index (χ3v) is 6.83. The van der Waals surface area contributed by atoms with Crippen LogP contribution in [0.1, 0.15) is 60.7 Å². The Morgan fingerprint density at radius 3 is 2.73 bits per heavy atom. The van der Waals surface area contributed by atoms with E-state index < -0.39 is 0 Å². The number of nitrogens with zero attached hydrogens (tertiary/aromatic N) is 5. The van der Waals surface area contributed by atoms with Crippen molar-refractivity contribution in [3.8, 4) is 23.2 Å². The zero-order chi connectivity index (χ0) is 25.6. The predicted octanol–water partition coefficient (Wildman–Crippen LogP) is 4.12. The zero-order valence-corrected chi connectivity index (χ0v) is 20.7. The molecule has 0 spiro atoms. The summed E-state index contributed by atoms with van der Waals surface area (Å²) in [6.45, 7) is 1.05. The lowest BCUT2D eigenvalue weighted by atomic mass is 10.0. The first-order valence-electron chi connectivity index (χ1n) is 12.8. The van der Waals surface area contributed by atoms with E-state index in [9.17, 15) is 9.59 Å². The number of para-hydroxylation sites is 1. The Morgan fingerprint density at radius 2 is 1.95 bits per heavy atom. The van der Waals surface area contributed by atoms with Crippen molar-refractivity contribution < 1.29 is 14.3 Å². The molecular formula is C28H30N6O3. The molecule has 3 aromatic rings. The van der Waals surface area contributed by atoms with Gasteiger partial charge < -0.3 is 14.5 Å². The van der Waals surface area contributed by atoms with Crippen LogP contribution < -0.4 is 4.74 Å². The van der Waals surface area contributed by atoms with Crippen LogP contribution >= 0.6 is 0 Å². The minimum Gasteiger partial charge on any atom is -0.484 e. The van der Waals surface area contributed by atoms with E-state index in [4.69, 9.17) is 15.0 Å². The minimum absolute atomic E-state index is 0.0328. The van der Waals surface area contributed by atoms with E-state index in [1.807, 2.05) is 47.4 Å². The van der Waals surface area contributed by atoms with Gasteiger partial charge in [0.2, 0.25) is 0 Å². The molecule has 190 valence electrons. The van der Waals surface area contributed by atoms with Crippen LogP contribution in [0.15, 0.2) is 54.6 Å². The van der Waals surface area contributed by atoms with Gasteiger partial charge in [-0.15, -0.1) is 0 Å². The molecule has 1 aromatic heterocycles. The minimum atomic E-state index is -0.206. The van der Waals surface area contributed by atoms with Gasteiger partial charge in [-0.3, -0.25) is 14.7 Å². The largest absolute Gasteiger partial charge is 0.484 e. The van der Waals surface area contributed by atoms with E-state index in [0.29, 0.717) is 42.5 Å². The third kappa shape index (κ3) is 5.80. The molecule has 9 nitrogen and oxygen atoms in total. The number of ether oxygens (including phenoxy) is 1. The molecular weight excluding hydrogens is 468 g/mol. The van der Waals surface area contributed by atoms with Crippen LogP contribution in [0.25, 0.3) is 11.4 Å². The highest BCUT2D eigenvalue weighted by atomic mass is 16.5. The number of amides is 2. The van der Waals surface area contributed by atoms with Crippen LogP contribution in [-0.4, -0.2) is 62.5 Å². The molecule has 0 radical (unpaired) electrons. The molecule has 1 atom stereocenters. The van der Waals surface area contributed by atoms with Gasteiger partial charge in [0.1, 0.15) is 11.6 Å². The van der Waals surface area contributed by atoms with Crippen LogP contribution in [0.4, 0.5) is 0 Å². The Bertz CT molecular complexity index is 1280. The van der Waals surface area contributed by atoms with E-state index in [1.165, 1.54) is 0 Å². The van der Waals surface area contributed by atoms with E-state index in [1.54, 1.807) is 17.0 Å². The quantitative estimate of drug-likeness (QED) is 0.474. The Labute approximate surface area is 216 Å². The predicted molar refractivity (Wildman–Crippen MR) is 136 cm³/mol. The molecule has 5 rings (SSSR count). The number of hydrogen-bond acceptors (Lipinski definition) is 6. The fourth-order valence-electron chi connectivity index (χ4n) is 4.78. The van der Waals surface area contributed by atoms with Crippen molar-refractivity contribution in [2.24, 2.45) is 0 Å². The number of rotatable bonds is 9. The first-order valence-corrected chi connectivity index (χ1v) is 12.8. The fraction of sp³-hybridized carbons (Fsp3) is 0.393. The second kappa shape index (κ2) is 11.2. The van der Waals surface area contributed by atoms with Gasteiger partial charge in [0.05, 0.1) is 18.5 Å². The topological polar surface area (TPSA) is 115 Å². The number of benzene rings is 2. The molecule has 0 bridgehead atoms. The van der Waals surface area contributed by atoms with Crippen LogP contribution in [0.5, 0.6) is 5.75 Å². The van der Waals surface area contributed by atoms with Crippen molar-refractivity contribution in [2.75, 3.05) is 19.7 Å². The highest BCUT2D eigenvalue weighted by molar-refractivity contribution is 5.95. The normalized spacial score (nSPS) is 17.2. The average molecular weight is 499 g/mol. The number of H-pyrrole nitrogens is 1. The second-order valence-corrected chi connectivity index (χ2v) is 9.46. The van der Waals surface area contributed by atoms with Gasteiger partial charge in [-0.2, -0.15) is 10.4 Å². The molecule has 2 aliphatic rings. The summed E-state index contributed by atoms with van der Waals surface area (Å²) >= 11 is 0. The average Bonchev–Trinajstić information content (AvgIpc) is 3.67. The number of likely N-dealkylation sites (tertiary alicyclic amines) is 1. The van der Waals surface area contributed by atoms with Crippen molar-refractivity contribution in [1.29, 1.82) is 5.26 Å². The van der Waals surface area contributed by atoms with Gasteiger partial charge in [0.25, 0.3) is 11.8 Å². The molecule has 1 saturated heterocycles. The Hall–Kier alpha value is -4.19. The maximum absolute atomic E-state index is 13.2. The summed E-state index contributed by atoms with van der Waals surface area (Å²) in [5, 5.41) is 16.4. The highest BCUT2D eigenvalue weighted by Crippen LogP contribution is 2.31. The van der Waals surface area contributed by atoms with Crippen molar-refractivity contribution in [2.45, 2.75) is 50.6 Å². The van der Waals surface area contributed by atoms with Crippen LogP contribution in [-0.2, 0) is 4.79 Å². The Balaban J connectivity index is 1.30. The van der Waals surface area contributed by atoms with E-state index >= 15 is 0 Å². The SMILES string of the molecule is N#CCCN(C(=O)c1cccc(-c2n[nH]c([C@H]3CCCCN3C(=O)COc3ccccc3)n2)c1)C1CC1. The number of nitriles is 1. The summed E-state index contributed by atoms with van der Waals surface area (Å²) in [5.41, 5.74) is 1.28. The van der Waals surface area contributed by atoms with Crippen molar-refractivity contribution in [3.63, 3.8) is 0 Å². The van der Waals surface area contributed by atoms with Gasteiger partial charge in [-0.1, -0.05) is 30.3 Å².